The molecule has 0 aliphatic heterocycles. The average molecular weight is 356 g/mol. The van der Waals surface area contributed by atoms with Gasteiger partial charge in [-0.25, -0.2) is 0 Å². The molecule has 2 aromatic rings. The van der Waals surface area contributed by atoms with Crippen LogP contribution < -0.4 is 10.2 Å². The molecule has 1 atom stereocenters. The first-order chi connectivity index (χ1) is 12.2. The SMILES string of the molecule is CCNC[C@H](CC=O)N(Cc1ccccc1)c1ccc(C#N)c(Cl)c1. The second-order valence-corrected chi connectivity index (χ2v) is 6.16. The highest BCUT2D eigenvalue weighted by atomic mass is 35.5. The zero-order valence-corrected chi connectivity index (χ0v) is 15.0. The number of halogens is 1. The lowest BCUT2D eigenvalue weighted by Gasteiger charge is -2.33. The van der Waals surface area contributed by atoms with Gasteiger partial charge in [0, 0.05) is 31.2 Å². The lowest BCUT2D eigenvalue weighted by atomic mass is 10.1. The molecule has 0 amide bonds. The first-order valence-corrected chi connectivity index (χ1v) is 8.72. The van der Waals surface area contributed by atoms with Crippen LogP contribution in [0.15, 0.2) is 48.5 Å². The van der Waals surface area contributed by atoms with Crippen molar-refractivity contribution in [1.29, 1.82) is 5.26 Å². The number of aldehydes is 1. The maximum Gasteiger partial charge on any atom is 0.122 e. The number of carbonyl (C=O) groups excluding carboxylic acids is 1. The Bertz CT molecular complexity index is 727. The molecule has 0 saturated heterocycles. The summed E-state index contributed by atoms with van der Waals surface area (Å²) < 4.78 is 0. The minimum Gasteiger partial charge on any atom is -0.362 e. The predicted molar refractivity (Wildman–Crippen MR) is 102 cm³/mol. The van der Waals surface area contributed by atoms with E-state index in [0.29, 0.717) is 30.1 Å². The third kappa shape index (κ3) is 5.32. The summed E-state index contributed by atoms with van der Waals surface area (Å²) in [5, 5.41) is 12.8. The van der Waals surface area contributed by atoms with E-state index in [0.717, 1.165) is 24.1 Å². The Morgan fingerprint density at radius 3 is 2.64 bits per heavy atom. The van der Waals surface area contributed by atoms with Crippen LogP contribution in [-0.4, -0.2) is 25.4 Å². The van der Waals surface area contributed by atoms with Crippen molar-refractivity contribution in [2.24, 2.45) is 0 Å². The van der Waals surface area contributed by atoms with Gasteiger partial charge in [0.25, 0.3) is 0 Å². The number of nitrogens with zero attached hydrogens (tertiary/aromatic N) is 2. The van der Waals surface area contributed by atoms with E-state index in [1.807, 2.05) is 31.2 Å². The van der Waals surface area contributed by atoms with Crippen molar-refractivity contribution in [3.05, 3.63) is 64.7 Å². The van der Waals surface area contributed by atoms with Crippen LogP contribution in [0.25, 0.3) is 0 Å². The molecule has 25 heavy (non-hydrogen) atoms. The normalized spacial score (nSPS) is 11.6. The molecule has 0 saturated carbocycles. The summed E-state index contributed by atoms with van der Waals surface area (Å²) in [6.07, 6.45) is 1.36. The number of nitriles is 1. The van der Waals surface area contributed by atoms with Crippen molar-refractivity contribution in [2.45, 2.75) is 25.9 Å². The Morgan fingerprint density at radius 1 is 1.28 bits per heavy atom. The number of hydrogen-bond donors (Lipinski definition) is 1. The molecule has 4 nitrogen and oxygen atoms in total. The third-order valence-electron chi connectivity index (χ3n) is 4.04. The van der Waals surface area contributed by atoms with Crippen LogP contribution in [0.4, 0.5) is 5.69 Å². The molecule has 0 aliphatic rings. The summed E-state index contributed by atoms with van der Waals surface area (Å²) >= 11 is 6.23. The number of nitrogens with one attached hydrogen (secondary N) is 1. The molecule has 0 bridgehead atoms. The van der Waals surface area contributed by atoms with E-state index in [1.54, 1.807) is 12.1 Å². The number of carbonyl (C=O) groups is 1. The molecule has 0 radical (unpaired) electrons. The number of hydrogen-bond acceptors (Lipinski definition) is 4. The highest BCUT2D eigenvalue weighted by Gasteiger charge is 2.20. The van der Waals surface area contributed by atoms with Crippen LogP contribution >= 0.6 is 11.6 Å². The van der Waals surface area contributed by atoms with E-state index in [-0.39, 0.29) is 6.04 Å². The van der Waals surface area contributed by atoms with Crippen LogP contribution in [0.1, 0.15) is 24.5 Å². The van der Waals surface area contributed by atoms with Gasteiger partial charge in [-0.1, -0.05) is 48.9 Å². The molecule has 0 unspecified atom stereocenters. The Kier molecular flexibility index (Phi) is 7.46. The number of anilines is 1. The van der Waals surface area contributed by atoms with Crippen LogP contribution in [0, 0.1) is 11.3 Å². The first-order valence-electron chi connectivity index (χ1n) is 8.34. The monoisotopic (exact) mass is 355 g/mol. The molecule has 1 N–H and O–H groups in total. The smallest absolute Gasteiger partial charge is 0.122 e. The highest BCUT2D eigenvalue weighted by Crippen LogP contribution is 2.27. The van der Waals surface area contributed by atoms with Crippen molar-refractivity contribution in [2.75, 3.05) is 18.0 Å². The van der Waals surface area contributed by atoms with Gasteiger partial charge in [-0.2, -0.15) is 5.26 Å². The fourth-order valence-corrected chi connectivity index (χ4v) is 2.94. The van der Waals surface area contributed by atoms with Crippen LogP contribution in [0.2, 0.25) is 5.02 Å². The number of rotatable bonds is 9. The minimum atomic E-state index is 0.00154. The first kappa shape index (κ1) is 19.0. The Labute approximate surface area is 154 Å². The molecule has 0 aliphatic carbocycles. The molecule has 2 aromatic carbocycles. The lowest BCUT2D eigenvalue weighted by Crippen LogP contribution is -2.42. The quantitative estimate of drug-likeness (QED) is 0.695. The van der Waals surface area contributed by atoms with E-state index in [9.17, 15) is 4.79 Å². The van der Waals surface area contributed by atoms with Gasteiger partial charge in [0.15, 0.2) is 0 Å². The molecule has 130 valence electrons. The van der Waals surface area contributed by atoms with Gasteiger partial charge in [0.1, 0.15) is 12.4 Å². The van der Waals surface area contributed by atoms with Crippen LogP contribution in [0.5, 0.6) is 0 Å². The standard InChI is InChI=1S/C20H22ClN3O/c1-2-23-14-19(10-11-25)24(15-16-6-4-3-5-7-16)18-9-8-17(13-22)20(21)12-18/h3-9,11-12,19,23H,2,10,14-15H2,1H3/t19-/m0/s1. The summed E-state index contributed by atoms with van der Waals surface area (Å²) in [5.41, 5.74) is 2.50. The second-order valence-electron chi connectivity index (χ2n) is 5.75. The topological polar surface area (TPSA) is 56.1 Å². The van der Waals surface area contributed by atoms with E-state index in [2.05, 4.69) is 28.4 Å². The lowest BCUT2D eigenvalue weighted by molar-refractivity contribution is -0.108. The highest BCUT2D eigenvalue weighted by molar-refractivity contribution is 6.32. The van der Waals surface area contributed by atoms with Gasteiger partial charge in [-0.05, 0) is 30.3 Å². The Hall–Kier alpha value is -2.35. The molecular formula is C20H22ClN3O. The van der Waals surface area contributed by atoms with Gasteiger partial charge < -0.3 is 15.0 Å². The van der Waals surface area contributed by atoms with Crippen molar-refractivity contribution in [3.63, 3.8) is 0 Å². The van der Waals surface area contributed by atoms with E-state index in [1.165, 1.54) is 0 Å². The van der Waals surface area contributed by atoms with Gasteiger partial charge in [0.05, 0.1) is 10.6 Å². The minimum absolute atomic E-state index is 0.00154. The van der Waals surface area contributed by atoms with Crippen molar-refractivity contribution in [3.8, 4) is 6.07 Å². The predicted octanol–water partition coefficient (Wildman–Crippen LogP) is 3.79. The molecular weight excluding hydrogens is 334 g/mol. The van der Waals surface area contributed by atoms with E-state index >= 15 is 0 Å². The Balaban J connectivity index is 2.37. The summed E-state index contributed by atoms with van der Waals surface area (Å²) in [4.78, 5) is 13.4. The van der Waals surface area contributed by atoms with E-state index in [4.69, 9.17) is 16.9 Å². The second kappa shape index (κ2) is 9.83. The van der Waals surface area contributed by atoms with Gasteiger partial charge >= 0.3 is 0 Å². The van der Waals surface area contributed by atoms with Crippen molar-refractivity contribution >= 4 is 23.6 Å². The molecule has 0 spiro atoms. The molecule has 0 fully saturated rings. The van der Waals surface area contributed by atoms with Crippen LogP contribution in [-0.2, 0) is 11.3 Å². The molecule has 0 aromatic heterocycles. The third-order valence-corrected chi connectivity index (χ3v) is 4.35. The number of likely N-dealkylation sites (N-methyl/N-ethyl adjacent to an activating group) is 1. The molecule has 5 heteroatoms. The van der Waals surface area contributed by atoms with Crippen molar-refractivity contribution < 1.29 is 4.79 Å². The fraction of sp³-hybridized carbons (Fsp3) is 0.300. The van der Waals surface area contributed by atoms with Gasteiger partial charge in [0.2, 0.25) is 0 Å². The summed E-state index contributed by atoms with van der Waals surface area (Å²) in [6.45, 7) is 4.23. The van der Waals surface area contributed by atoms with E-state index < -0.39 is 0 Å². The van der Waals surface area contributed by atoms with Crippen molar-refractivity contribution in [1.82, 2.24) is 5.32 Å². The summed E-state index contributed by atoms with van der Waals surface area (Å²) in [5.74, 6) is 0. The maximum absolute atomic E-state index is 11.2. The summed E-state index contributed by atoms with van der Waals surface area (Å²) in [7, 11) is 0. The molecule has 2 rings (SSSR count). The zero-order valence-electron chi connectivity index (χ0n) is 14.3. The summed E-state index contributed by atoms with van der Waals surface area (Å²) in [6, 6.07) is 17.6. The molecule has 0 heterocycles. The Morgan fingerprint density at radius 2 is 2.04 bits per heavy atom. The fourth-order valence-electron chi connectivity index (χ4n) is 2.73. The average Bonchev–Trinajstić information content (AvgIpc) is 2.64. The zero-order chi connectivity index (χ0) is 18.1. The van der Waals surface area contributed by atoms with Crippen LogP contribution in [0.3, 0.4) is 0 Å². The van der Waals surface area contributed by atoms with Gasteiger partial charge in [-0.3, -0.25) is 0 Å². The number of benzene rings is 2. The van der Waals surface area contributed by atoms with Gasteiger partial charge in [-0.15, -0.1) is 0 Å². The largest absolute Gasteiger partial charge is 0.362 e. The maximum atomic E-state index is 11.2.